The van der Waals surface area contributed by atoms with Gasteiger partial charge in [0.1, 0.15) is 0 Å². The van der Waals surface area contributed by atoms with Crippen LogP contribution in [0.5, 0.6) is 0 Å². The topological polar surface area (TPSA) is 30.5 Å². The van der Waals surface area contributed by atoms with Crippen LogP contribution >= 0.6 is 0 Å². The minimum absolute atomic E-state index is 0.0663. The highest BCUT2D eigenvalue weighted by Gasteiger charge is 2.50. The van der Waals surface area contributed by atoms with Gasteiger partial charge in [0.05, 0.1) is 13.2 Å². The highest BCUT2D eigenvalue weighted by Crippen LogP contribution is 2.41. The maximum Gasteiger partial charge on any atom is 0.171 e. The Bertz CT molecular complexity index is 299. The zero-order valence-corrected chi connectivity index (χ0v) is 14.1. The SMILES string of the molecule is CCCCCC1COC2(CC(C)(C)NC(C)(C)C2)OC1. The van der Waals surface area contributed by atoms with Gasteiger partial charge in [0, 0.05) is 29.8 Å². The summed E-state index contributed by atoms with van der Waals surface area (Å²) < 4.78 is 12.5. The summed E-state index contributed by atoms with van der Waals surface area (Å²) in [4.78, 5) is 0. The van der Waals surface area contributed by atoms with Gasteiger partial charge in [0.25, 0.3) is 0 Å². The van der Waals surface area contributed by atoms with Gasteiger partial charge in [-0.05, 0) is 34.1 Å². The Hall–Kier alpha value is -0.120. The second-order valence-corrected chi connectivity index (χ2v) is 8.14. The van der Waals surface area contributed by atoms with Crippen LogP contribution in [0.4, 0.5) is 0 Å². The molecule has 0 saturated carbocycles. The normalized spacial score (nSPS) is 28.6. The highest BCUT2D eigenvalue weighted by atomic mass is 16.7. The monoisotopic (exact) mass is 283 g/mol. The molecule has 3 heteroatoms. The molecule has 2 saturated heterocycles. The molecule has 2 rings (SSSR count). The van der Waals surface area contributed by atoms with Crippen LogP contribution in [-0.2, 0) is 9.47 Å². The van der Waals surface area contributed by atoms with Crippen LogP contribution in [0.3, 0.4) is 0 Å². The average Bonchev–Trinajstić information content (AvgIpc) is 2.28. The number of piperidine rings is 1. The van der Waals surface area contributed by atoms with Crippen molar-refractivity contribution in [3.8, 4) is 0 Å². The van der Waals surface area contributed by atoms with E-state index in [2.05, 4.69) is 39.9 Å². The zero-order chi connectivity index (χ0) is 14.9. The van der Waals surface area contributed by atoms with Crippen LogP contribution in [0.15, 0.2) is 0 Å². The maximum absolute atomic E-state index is 6.26. The quantitative estimate of drug-likeness (QED) is 0.795. The summed E-state index contributed by atoms with van der Waals surface area (Å²) in [6.45, 7) is 13.0. The number of unbranched alkanes of at least 4 members (excludes halogenated alkanes) is 2. The van der Waals surface area contributed by atoms with Gasteiger partial charge in [-0.2, -0.15) is 0 Å². The van der Waals surface area contributed by atoms with Crippen LogP contribution < -0.4 is 5.32 Å². The minimum atomic E-state index is -0.362. The van der Waals surface area contributed by atoms with E-state index in [1.54, 1.807) is 0 Å². The Morgan fingerprint density at radius 1 is 0.950 bits per heavy atom. The molecule has 0 aliphatic carbocycles. The van der Waals surface area contributed by atoms with Crippen LogP contribution in [0, 0.1) is 5.92 Å². The molecule has 0 bridgehead atoms. The van der Waals surface area contributed by atoms with Crippen LogP contribution in [0.2, 0.25) is 0 Å². The summed E-state index contributed by atoms with van der Waals surface area (Å²) in [5.41, 5.74) is 0.133. The van der Waals surface area contributed by atoms with Crippen molar-refractivity contribution < 1.29 is 9.47 Å². The van der Waals surface area contributed by atoms with Gasteiger partial charge >= 0.3 is 0 Å². The van der Waals surface area contributed by atoms with Gasteiger partial charge in [-0.1, -0.05) is 26.2 Å². The first kappa shape index (κ1) is 16.3. The number of hydrogen-bond donors (Lipinski definition) is 1. The summed E-state index contributed by atoms with van der Waals surface area (Å²) in [6.07, 6.45) is 7.03. The molecule has 0 amide bonds. The average molecular weight is 283 g/mol. The molecule has 1 N–H and O–H groups in total. The van der Waals surface area contributed by atoms with Gasteiger partial charge in [0.2, 0.25) is 0 Å². The molecule has 2 heterocycles. The Morgan fingerprint density at radius 3 is 2.00 bits per heavy atom. The molecule has 3 nitrogen and oxygen atoms in total. The first-order valence-corrected chi connectivity index (χ1v) is 8.33. The summed E-state index contributed by atoms with van der Waals surface area (Å²) in [6, 6.07) is 0. The third kappa shape index (κ3) is 4.19. The lowest BCUT2D eigenvalue weighted by Gasteiger charge is -2.54. The predicted octanol–water partition coefficient (Wildman–Crippen LogP) is 3.87. The molecule has 0 unspecified atom stereocenters. The lowest BCUT2D eigenvalue weighted by atomic mass is 9.78. The second kappa shape index (κ2) is 5.94. The first-order valence-electron chi connectivity index (χ1n) is 8.33. The fraction of sp³-hybridized carbons (Fsp3) is 1.00. The van der Waals surface area contributed by atoms with E-state index in [4.69, 9.17) is 9.47 Å². The molecule has 2 aliphatic heterocycles. The molecule has 20 heavy (non-hydrogen) atoms. The Morgan fingerprint density at radius 2 is 1.50 bits per heavy atom. The van der Waals surface area contributed by atoms with E-state index in [0.29, 0.717) is 5.92 Å². The molecule has 0 aromatic rings. The fourth-order valence-electron chi connectivity index (χ4n) is 4.10. The van der Waals surface area contributed by atoms with E-state index >= 15 is 0 Å². The largest absolute Gasteiger partial charge is 0.349 e. The number of hydrogen-bond acceptors (Lipinski definition) is 3. The molecule has 0 aromatic carbocycles. The van der Waals surface area contributed by atoms with Crippen LogP contribution in [0.1, 0.15) is 73.1 Å². The Balaban J connectivity index is 1.90. The Kier molecular flexibility index (Phi) is 4.83. The van der Waals surface area contributed by atoms with Crippen molar-refractivity contribution in [3.63, 3.8) is 0 Å². The summed E-state index contributed by atoms with van der Waals surface area (Å²) in [7, 11) is 0. The highest BCUT2D eigenvalue weighted by molar-refractivity contribution is 5.02. The maximum atomic E-state index is 6.26. The van der Waals surface area contributed by atoms with Crippen molar-refractivity contribution >= 4 is 0 Å². The van der Waals surface area contributed by atoms with Gasteiger partial charge in [-0.3, -0.25) is 0 Å². The summed E-state index contributed by atoms with van der Waals surface area (Å²) >= 11 is 0. The third-order valence-corrected chi connectivity index (χ3v) is 4.48. The molecule has 1 spiro atoms. The molecular formula is C17H33NO2. The van der Waals surface area contributed by atoms with E-state index < -0.39 is 0 Å². The lowest BCUT2D eigenvalue weighted by molar-refractivity contribution is -0.311. The second-order valence-electron chi connectivity index (χ2n) is 8.14. The van der Waals surface area contributed by atoms with Crippen molar-refractivity contribution in [2.24, 2.45) is 5.92 Å². The standard InChI is InChI=1S/C17H33NO2/c1-6-7-8-9-14-10-19-17(20-11-14)12-15(2,3)18-16(4,5)13-17/h14,18H,6-13H2,1-5H3. The summed E-state index contributed by atoms with van der Waals surface area (Å²) in [5.74, 6) is 0.229. The van der Waals surface area contributed by atoms with Gasteiger partial charge < -0.3 is 14.8 Å². The van der Waals surface area contributed by atoms with E-state index in [0.717, 1.165) is 26.1 Å². The Labute approximate surface area is 124 Å². The van der Waals surface area contributed by atoms with Crippen molar-refractivity contribution in [3.05, 3.63) is 0 Å². The van der Waals surface area contributed by atoms with Gasteiger partial charge in [-0.25, -0.2) is 0 Å². The predicted molar refractivity (Wildman–Crippen MR) is 82.8 cm³/mol. The van der Waals surface area contributed by atoms with E-state index in [1.807, 2.05) is 0 Å². The molecule has 118 valence electrons. The smallest absolute Gasteiger partial charge is 0.171 e. The van der Waals surface area contributed by atoms with Crippen LogP contribution in [-0.4, -0.2) is 30.1 Å². The fourth-order valence-corrected chi connectivity index (χ4v) is 4.10. The van der Waals surface area contributed by atoms with E-state index in [-0.39, 0.29) is 16.9 Å². The number of nitrogens with one attached hydrogen (secondary N) is 1. The number of ether oxygens (including phenoxy) is 2. The minimum Gasteiger partial charge on any atom is -0.349 e. The van der Waals surface area contributed by atoms with Crippen molar-refractivity contribution in [2.75, 3.05) is 13.2 Å². The first-order chi connectivity index (χ1) is 9.26. The van der Waals surface area contributed by atoms with Crippen molar-refractivity contribution in [1.29, 1.82) is 0 Å². The molecule has 0 atom stereocenters. The van der Waals surface area contributed by atoms with Crippen LogP contribution in [0.25, 0.3) is 0 Å². The van der Waals surface area contributed by atoms with Crippen molar-refractivity contribution in [1.82, 2.24) is 5.32 Å². The zero-order valence-electron chi connectivity index (χ0n) is 14.1. The van der Waals surface area contributed by atoms with E-state index in [1.165, 1.54) is 25.7 Å². The lowest BCUT2D eigenvalue weighted by Crippen LogP contribution is -2.66. The third-order valence-electron chi connectivity index (χ3n) is 4.48. The van der Waals surface area contributed by atoms with E-state index in [9.17, 15) is 0 Å². The molecular weight excluding hydrogens is 250 g/mol. The molecule has 2 fully saturated rings. The van der Waals surface area contributed by atoms with Crippen molar-refractivity contribution in [2.45, 2.75) is 90.0 Å². The van der Waals surface area contributed by atoms with Gasteiger partial charge in [-0.15, -0.1) is 0 Å². The molecule has 0 radical (unpaired) electrons. The number of rotatable bonds is 4. The summed E-state index contributed by atoms with van der Waals surface area (Å²) in [5, 5.41) is 3.70. The van der Waals surface area contributed by atoms with Gasteiger partial charge in [0.15, 0.2) is 5.79 Å². The molecule has 2 aliphatic rings. The molecule has 0 aromatic heterocycles.